The standard InChI is InChI=1S/C20H25FN4O3/c1-13-20(14(2)25(22-13)17-8-6-5-7-16(17)21)18-12-28-10-9-24(18)19(27)11-23(4)15(3)26/h5-8,18H,9-12H2,1-4H3/t18-/m0/s1. The average molecular weight is 388 g/mol. The molecule has 7 nitrogen and oxygen atoms in total. The highest BCUT2D eigenvalue weighted by molar-refractivity contribution is 5.84. The number of morpholine rings is 1. The zero-order valence-corrected chi connectivity index (χ0v) is 16.6. The van der Waals surface area contributed by atoms with E-state index in [1.54, 1.807) is 34.8 Å². The van der Waals surface area contributed by atoms with Gasteiger partial charge in [0.05, 0.1) is 31.5 Å². The minimum absolute atomic E-state index is 0.00534. The Morgan fingerprint density at radius 3 is 2.71 bits per heavy atom. The van der Waals surface area contributed by atoms with Crippen molar-refractivity contribution in [3.8, 4) is 5.69 Å². The maximum atomic E-state index is 14.3. The predicted octanol–water partition coefficient (Wildman–Crippen LogP) is 2.01. The Morgan fingerprint density at radius 1 is 1.32 bits per heavy atom. The van der Waals surface area contributed by atoms with Gasteiger partial charge in [-0.3, -0.25) is 9.59 Å². The highest BCUT2D eigenvalue weighted by Gasteiger charge is 2.33. The van der Waals surface area contributed by atoms with E-state index < -0.39 is 0 Å². The van der Waals surface area contributed by atoms with E-state index in [1.807, 2.05) is 13.8 Å². The van der Waals surface area contributed by atoms with Gasteiger partial charge < -0.3 is 14.5 Å². The van der Waals surface area contributed by atoms with E-state index in [2.05, 4.69) is 5.10 Å². The molecule has 1 fully saturated rings. The molecule has 150 valence electrons. The summed E-state index contributed by atoms with van der Waals surface area (Å²) in [5.41, 5.74) is 2.69. The Balaban J connectivity index is 1.96. The summed E-state index contributed by atoms with van der Waals surface area (Å²) in [7, 11) is 1.60. The molecular weight excluding hydrogens is 363 g/mol. The molecule has 1 aliphatic heterocycles. The third kappa shape index (κ3) is 3.77. The van der Waals surface area contributed by atoms with E-state index in [4.69, 9.17) is 4.74 Å². The molecule has 28 heavy (non-hydrogen) atoms. The summed E-state index contributed by atoms with van der Waals surface area (Å²) in [6, 6.07) is 6.11. The number of hydrogen-bond acceptors (Lipinski definition) is 4. The zero-order chi connectivity index (χ0) is 20.4. The predicted molar refractivity (Wildman–Crippen MR) is 102 cm³/mol. The van der Waals surface area contributed by atoms with Crippen molar-refractivity contribution < 1.29 is 18.7 Å². The smallest absolute Gasteiger partial charge is 0.242 e. The molecule has 1 saturated heterocycles. The van der Waals surface area contributed by atoms with Crippen LogP contribution in [0.15, 0.2) is 24.3 Å². The molecule has 0 N–H and O–H groups in total. The molecule has 1 aromatic heterocycles. The molecule has 1 aliphatic rings. The Bertz CT molecular complexity index is 896. The lowest BCUT2D eigenvalue weighted by Crippen LogP contribution is -2.47. The van der Waals surface area contributed by atoms with Gasteiger partial charge in [-0.15, -0.1) is 0 Å². The van der Waals surface area contributed by atoms with Crippen molar-refractivity contribution >= 4 is 11.8 Å². The summed E-state index contributed by atoms with van der Waals surface area (Å²) in [6.07, 6.45) is 0. The third-order valence-electron chi connectivity index (χ3n) is 5.12. The number of aryl methyl sites for hydroxylation is 1. The van der Waals surface area contributed by atoms with Crippen molar-refractivity contribution in [2.24, 2.45) is 0 Å². The summed E-state index contributed by atoms with van der Waals surface area (Å²) >= 11 is 0. The van der Waals surface area contributed by atoms with Gasteiger partial charge in [-0.1, -0.05) is 12.1 Å². The average Bonchev–Trinajstić information content (AvgIpc) is 2.96. The number of halogens is 1. The molecule has 0 saturated carbocycles. The quantitative estimate of drug-likeness (QED) is 0.804. The van der Waals surface area contributed by atoms with Crippen molar-refractivity contribution in [2.45, 2.75) is 26.8 Å². The molecule has 1 atom stereocenters. The summed E-state index contributed by atoms with van der Waals surface area (Å²) in [5.74, 6) is -0.683. The Labute approximate surface area is 163 Å². The van der Waals surface area contributed by atoms with Gasteiger partial charge in [-0.25, -0.2) is 9.07 Å². The van der Waals surface area contributed by atoms with Crippen LogP contribution in [-0.2, 0) is 14.3 Å². The third-order valence-corrected chi connectivity index (χ3v) is 5.12. The van der Waals surface area contributed by atoms with Crippen LogP contribution in [0.1, 0.15) is 29.9 Å². The second-order valence-corrected chi connectivity index (χ2v) is 7.00. The summed E-state index contributed by atoms with van der Waals surface area (Å²) < 4.78 is 21.5. The van der Waals surface area contributed by atoms with Gasteiger partial charge in [-0.05, 0) is 26.0 Å². The molecule has 0 bridgehead atoms. The van der Waals surface area contributed by atoms with E-state index in [0.717, 1.165) is 11.3 Å². The number of nitrogens with zero attached hydrogens (tertiary/aromatic N) is 4. The Hall–Kier alpha value is -2.74. The molecule has 8 heteroatoms. The van der Waals surface area contributed by atoms with E-state index >= 15 is 0 Å². The lowest BCUT2D eigenvalue weighted by molar-refractivity contribution is -0.144. The largest absolute Gasteiger partial charge is 0.377 e. The Kier molecular flexibility index (Phi) is 5.79. The van der Waals surface area contributed by atoms with Crippen molar-refractivity contribution in [3.05, 3.63) is 47.0 Å². The second kappa shape index (κ2) is 8.10. The Morgan fingerprint density at radius 2 is 2.04 bits per heavy atom. The van der Waals surface area contributed by atoms with Gasteiger partial charge in [0.25, 0.3) is 0 Å². The molecule has 0 spiro atoms. The number of likely N-dealkylation sites (N-methyl/N-ethyl adjacent to an activating group) is 1. The van der Waals surface area contributed by atoms with Gasteiger partial charge in [0, 0.05) is 31.8 Å². The number of rotatable bonds is 4. The first-order chi connectivity index (χ1) is 13.3. The van der Waals surface area contributed by atoms with Crippen LogP contribution in [0.3, 0.4) is 0 Å². The number of aromatic nitrogens is 2. The van der Waals surface area contributed by atoms with Gasteiger partial charge in [0.2, 0.25) is 11.8 Å². The zero-order valence-electron chi connectivity index (χ0n) is 16.6. The molecule has 2 amide bonds. The molecule has 3 rings (SSSR count). The van der Waals surface area contributed by atoms with E-state index in [-0.39, 0.29) is 30.2 Å². The van der Waals surface area contributed by atoms with Crippen LogP contribution in [0.25, 0.3) is 5.69 Å². The van der Waals surface area contributed by atoms with Crippen molar-refractivity contribution in [2.75, 3.05) is 33.4 Å². The molecule has 2 heterocycles. The first-order valence-corrected chi connectivity index (χ1v) is 9.21. The topological polar surface area (TPSA) is 67.7 Å². The molecule has 0 unspecified atom stereocenters. The summed E-state index contributed by atoms with van der Waals surface area (Å²) in [5, 5.41) is 4.52. The maximum Gasteiger partial charge on any atom is 0.242 e. The van der Waals surface area contributed by atoms with Gasteiger partial charge >= 0.3 is 0 Å². The maximum absolute atomic E-state index is 14.3. The van der Waals surface area contributed by atoms with Crippen LogP contribution in [0.4, 0.5) is 4.39 Å². The number of para-hydroxylation sites is 1. The number of hydrogen-bond donors (Lipinski definition) is 0. The SMILES string of the molecule is CC(=O)N(C)CC(=O)N1CCOC[C@H]1c1c(C)nn(-c2ccccc2F)c1C. The minimum atomic E-state index is -0.365. The fourth-order valence-corrected chi connectivity index (χ4v) is 3.54. The highest BCUT2D eigenvalue weighted by Crippen LogP contribution is 2.31. The van der Waals surface area contributed by atoms with Crippen LogP contribution in [0.5, 0.6) is 0 Å². The van der Waals surface area contributed by atoms with Gasteiger partial charge in [0.1, 0.15) is 11.5 Å². The molecule has 2 aromatic rings. The first-order valence-electron chi connectivity index (χ1n) is 9.21. The van der Waals surface area contributed by atoms with Crippen LogP contribution < -0.4 is 0 Å². The van der Waals surface area contributed by atoms with Gasteiger partial charge in [-0.2, -0.15) is 5.10 Å². The van der Waals surface area contributed by atoms with E-state index in [9.17, 15) is 14.0 Å². The molecule has 0 radical (unpaired) electrons. The number of amides is 2. The number of ether oxygens (including phenoxy) is 1. The monoisotopic (exact) mass is 388 g/mol. The molecule has 1 aromatic carbocycles. The molecular formula is C20H25FN4O3. The summed E-state index contributed by atoms with van der Waals surface area (Å²) in [4.78, 5) is 27.4. The van der Waals surface area contributed by atoms with Crippen LogP contribution in [0.2, 0.25) is 0 Å². The van der Waals surface area contributed by atoms with E-state index in [0.29, 0.717) is 31.1 Å². The number of carbonyl (C=O) groups excluding carboxylic acids is 2. The molecule has 0 aliphatic carbocycles. The van der Waals surface area contributed by atoms with Crippen LogP contribution >= 0.6 is 0 Å². The van der Waals surface area contributed by atoms with Crippen molar-refractivity contribution in [1.29, 1.82) is 0 Å². The van der Waals surface area contributed by atoms with E-state index in [1.165, 1.54) is 17.9 Å². The lowest BCUT2D eigenvalue weighted by Gasteiger charge is -2.36. The first kappa shape index (κ1) is 20.0. The van der Waals surface area contributed by atoms with Gasteiger partial charge in [0.15, 0.2) is 0 Å². The summed E-state index contributed by atoms with van der Waals surface area (Å²) in [6.45, 7) is 6.34. The second-order valence-electron chi connectivity index (χ2n) is 7.00. The number of benzene rings is 1. The normalized spacial score (nSPS) is 16.9. The van der Waals surface area contributed by atoms with Crippen LogP contribution in [0, 0.1) is 19.7 Å². The minimum Gasteiger partial charge on any atom is -0.377 e. The fourth-order valence-electron chi connectivity index (χ4n) is 3.54. The van der Waals surface area contributed by atoms with Crippen LogP contribution in [-0.4, -0.2) is 64.7 Å². The fraction of sp³-hybridized carbons (Fsp3) is 0.450. The van der Waals surface area contributed by atoms with Crippen molar-refractivity contribution in [1.82, 2.24) is 19.6 Å². The highest BCUT2D eigenvalue weighted by atomic mass is 19.1. The van der Waals surface area contributed by atoms with Crippen molar-refractivity contribution in [3.63, 3.8) is 0 Å². The number of carbonyl (C=O) groups is 2. The lowest BCUT2D eigenvalue weighted by atomic mass is 10.0.